The van der Waals surface area contributed by atoms with Gasteiger partial charge in [-0.05, 0) is 12.7 Å². The fourth-order valence-corrected chi connectivity index (χ4v) is 5.56. The molecule has 0 aliphatic heterocycles. The lowest BCUT2D eigenvalue weighted by Crippen LogP contribution is -1.92. The van der Waals surface area contributed by atoms with Crippen LogP contribution in [-0.4, -0.2) is 30.0 Å². The van der Waals surface area contributed by atoms with Crippen LogP contribution >= 0.6 is 29.7 Å². The van der Waals surface area contributed by atoms with Gasteiger partial charge in [-0.25, -0.2) is 0 Å². The summed E-state index contributed by atoms with van der Waals surface area (Å²) in [6.07, 6.45) is 0.641. The van der Waals surface area contributed by atoms with E-state index in [9.17, 15) is 4.57 Å². The molecule has 0 bridgehead atoms. The highest BCUT2D eigenvalue weighted by atomic mass is 32.7. The first-order chi connectivity index (χ1) is 6.18. The fourth-order valence-electron chi connectivity index (χ4n) is 0.796. The fraction of sp³-hybridized carbons (Fsp3) is 1.00. The van der Waals surface area contributed by atoms with E-state index in [0.717, 1.165) is 17.3 Å². The number of hydrogen-bond acceptors (Lipinski definition) is 4. The van der Waals surface area contributed by atoms with Crippen LogP contribution in [0.25, 0.3) is 0 Å². The van der Waals surface area contributed by atoms with Gasteiger partial charge in [-0.3, -0.25) is 4.57 Å². The lowest BCUT2D eigenvalue weighted by molar-refractivity contribution is 0.347. The molecule has 0 N–H and O–H groups in total. The average Bonchev–Trinajstić information content (AvgIpc) is 2.13. The zero-order valence-corrected chi connectivity index (χ0v) is 11.1. The van der Waals surface area contributed by atoms with Crippen molar-refractivity contribution >= 4 is 29.7 Å². The van der Waals surface area contributed by atoms with Crippen LogP contribution in [0.15, 0.2) is 0 Å². The first-order valence-electron chi connectivity index (χ1n) is 4.64. The molecule has 0 aromatic rings. The van der Waals surface area contributed by atoms with Crippen molar-refractivity contribution in [3.63, 3.8) is 0 Å². The van der Waals surface area contributed by atoms with Gasteiger partial charge in [0.1, 0.15) is 0 Å². The van der Waals surface area contributed by atoms with Crippen molar-refractivity contribution in [2.75, 3.05) is 30.0 Å². The second-order valence-electron chi connectivity index (χ2n) is 2.38. The van der Waals surface area contributed by atoms with E-state index in [1.165, 1.54) is 11.4 Å². The maximum Gasteiger partial charge on any atom is 0.257 e. The smallest absolute Gasteiger partial charge is 0.257 e. The third-order valence-electron chi connectivity index (χ3n) is 1.43. The normalized spacial score (nSPS) is 15.6. The lowest BCUT2D eigenvalue weighted by atomic mass is 10.9. The minimum absolute atomic E-state index is 0.555. The summed E-state index contributed by atoms with van der Waals surface area (Å²) in [6, 6.07) is 0. The van der Waals surface area contributed by atoms with Crippen LogP contribution in [0.5, 0.6) is 0 Å². The van der Waals surface area contributed by atoms with E-state index >= 15 is 0 Å². The molecule has 0 saturated carbocycles. The summed E-state index contributed by atoms with van der Waals surface area (Å²) in [7, 11) is 0. The molecule has 2 nitrogen and oxygen atoms in total. The molecular formula is C8H19O2PS2. The maximum absolute atomic E-state index is 11.9. The van der Waals surface area contributed by atoms with Crippen molar-refractivity contribution in [1.29, 1.82) is 0 Å². The highest BCUT2D eigenvalue weighted by Gasteiger charge is 2.19. The van der Waals surface area contributed by atoms with E-state index in [0.29, 0.717) is 12.8 Å². The Hall–Kier alpha value is 0.890. The predicted molar refractivity (Wildman–Crippen MR) is 65.2 cm³/mol. The van der Waals surface area contributed by atoms with E-state index < -0.39 is 6.57 Å². The van der Waals surface area contributed by atoms with E-state index in [2.05, 4.69) is 6.92 Å². The SMILES string of the molecule is CCOP(=O)(CC)SCCSCC. The minimum atomic E-state index is -2.34. The largest absolute Gasteiger partial charge is 0.321 e. The molecule has 0 aliphatic carbocycles. The second-order valence-corrected chi connectivity index (χ2v) is 8.99. The quantitative estimate of drug-likeness (QED) is 0.478. The number of rotatable bonds is 8. The Labute approximate surface area is 89.8 Å². The van der Waals surface area contributed by atoms with Crippen molar-refractivity contribution in [2.24, 2.45) is 0 Å². The van der Waals surface area contributed by atoms with Crippen LogP contribution in [0, 0.1) is 0 Å². The van der Waals surface area contributed by atoms with Crippen molar-refractivity contribution in [1.82, 2.24) is 0 Å². The summed E-state index contributed by atoms with van der Waals surface area (Å²) < 4.78 is 17.1. The maximum atomic E-state index is 11.9. The third-order valence-corrected chi connectivity index (χ3v) is 7.62. The van der Waals surface area contributed by atoms with Crippen LogP contribution in [0.2, 0.25) is 0 Å². The molecule has 1 atom stereocenters. The summed E-state index contributed by atoms with van der Waals surface area (Å²) in [4.78, 5) is 0. The molecule has 0 spiro atoms. The standard InChI is InChI=1S/C8H19O2PS2/c1-4-10-11(9,5-2)13-8-7-12-6-3/h4-8H2,1-3H3. The van der Waals surface area contributed by atoms with Crippen molar-refractivity contribution in [2.45, 2.75) is 20.8 Å². The van der Waals surface area contributed by atoms with Crippen LogP contribution in [0.1, 0.15) is 20.8 Å². The average molecular weight is 242 g/mol. The van der Waals surface area contributed by atoms with E-state index in [4.69, 9.17) is 4.52 Å². The van der Waals surface area contributed by atoms with E-state index in [1.54, 1.807) is 0 Å². The van der Waals surface area contributed by atoms with Crippen LogP contribution < -0.4 is 0 Å². The Morgan fingerprint density at radius 2 is 1.92 bits per heavy atom. The van der Waals surface area contributed by atoms with Crippen molar-refractivity contribution in [3.8, 4) is 0 Å². The number of thioether (sulfide) groups is 1. The van der Waals surface area contributed by atoms with Crippen LogP contribution in [-0.2, 0) is 9.09 Å². The Morgan fingerprint density at radius 3 is 2.38 bits per heavy atom. The summed E-state index contributed by atoms with van der Waals surface area (Å²) in [5, 5.41) is 0. The summed E-state index contributed by atoms with van der Waals surface area (Å²) in [5.41, 5.74) is 0. The zero-order chi connectivity index (χ0) is 10.2. The molecule has 0 fully saturated rings. The summed E-state index contributed by atoms with van der Waals surface area (Å²) in [6.45, 7) is 4.17. The molecule has 1 unspecified atom stereocenters. The summed E-state index contributed by atoms with van der Waals surface area (Å²) >= 11 is 3.38. The molecule has 5 heteroatoms. The highest BCUT2D eigenvalue weighted by Crippen LogP contribution is 2.59. The van der Waals surface area contributed by atoms with Gasteiger partial charge in [0.15, 0.2) is 0 Å². The van der Waals surface area contributed by atoms with Gasteiger partial charge in [-0.2, -0.15) is 11.8 Å². The Bertz CT molecular complexity index is 164. The molecule has 0 rings (SSSR count). The molecule has 0 amide bonds. The van der Waals surface area contributed by atoms with Gasteiger partial charge < -0.3 is 4.52 Å². The highest BCUT2D eigenvalue weighted by molar-refractivity contribution is 8.56. The first kappa shape index (κ1) is 13.9. The molecule has 0 heterocycles. The Balaban J connectivity index is 3.64. The summed E-state index contributed by atoms with van der Waals surface area (Å²) in [5.74, 6) is 3.13. The van der Waals surface area contributed by atoms with Gasteiger partial charge in [0.2, 0.25) is 0 Å². The van der Waals surface area contributed by atoms with Gasteiger partial charge in [0.25, 0.3) is 6.57 Å². The van der Waals surface area contributed by atoms with Gasteiger partial charge in [-0.1, -0.05) is 25.2 Å². The monoisotopic (exact) mass is 242 g/mol. The predicted octanol–water partition coefficient (Wildman–Crippen LogP) is 3.72. The molecule has 0 radical (unpaired) electrons. The van der Waals surface area contributed by atoms with Crippen molar-refractivity contribution in [3.05, 3.63) is 0 Å². The molecule has 0 aliphatic rings. The molecular weight excluding hydrogens is 223 g/mol. The topological polar surface area (TPSA) is 26.3 Å². The Morgan fingerprint density at radius 1 is 1.23 bits per heavy atom. The van der Waals surface area contributed by atoms with E-state index in [-0.39, 0.29) is 0 Å². The zero-order valence-electron chi connectivity index (χ0n) is 8.62. The molecule has 0 saturated heterocycles. The molecule has 80 valence electrons. The minimum Gasteiger partial charge on any atom is -0.321 e. The van der Waals surface area contributed by atoms with Crippen LogP contribution in [0.4, 0.5) is 0 Å². The van der Waals surface area contributed by atoms with E-state index in [1.807, 2.05) is 25.6 Å². The van der Waals surface area contributed by atoms with Gasteiger partial charge in [-0.15, -0.1) is 0 Å². The molecule has 13 heavy (non-hydrogen) atoms. The van der Waals surface area contributed by atoms with Crippen LogP contribution in [0.3, 0.4) is 0 Å². The van der Waals surface area contributed by atoms with Gasteiger partial charge >= 0.3 is 0 Å². The molecule has 0 aromatic heterocycles. The second kappa shape index (κ2) is 8.22. The van der Waals surface area contributed by atoms with Gasteiger partial charge in [0, 0.05) is 17.7 Å². The lowest BCUT2D eigenvalue weighted by Gasteiger charge is -2.14. The Kier molecular flexibility index (Phi) is 8.78. The van der Waals surface area contributed by atoms with Gasteiger partial charge in [0.05, 0.1) is 6.61 Å². The van der Waals surface area contributed by atoms with Crippen molar-refractivity contribution < 1.29 is 9.09 Å². The third kappa shape index (κ3) is 6.89. The molecule has 0 aromatic carbocycles. The number of hydrogen-bond donors (Lipinski definition) is 0. The first-order valence-corrected chi connectivity index (χ1v) is 9.20.